The van der Waals surface area contributed by atoms with E-state index in [4.69, 9.17) is 11.6 Å². The van der Waals surface area contributed by atoms with Gasteiger partial charge in [0.1, 0.15) is 0 Å². The number of ketones is 1. The second-order valence-corrected chi connectivity index (χ2v) is 7.33. The maximum atomic E-state index is 13.0. The number of aromatic nitrogens is 1. The van der Waals surface area contributed by atoms with E-state index in [9.17, 15) is 4.79 Å². The molecule has 1 heterocycles. The zero-order valence-electron chi connectivity index (χ0n) is 15.1. The number of aromatic amines is 1. The van der Waals surface area contributed by atoms with Crippen LogP contribution in [0.4, 0.5) is 0 Å². The highest BCUT2D eigenvalue weighted by atomic mass is 35.5. The number of para-hydroxylation sites is 1. The van der Waals surface area contributed by atoms with Gasteiger partial charge in [-0.15, -0.1) is 0 Å². The number of benzene rings is 3. The van der Waals surface area contributed by atoms with Crippen LogP contribution in [0.25, 0.3) is 10.9 Å². The van der Waals surface area contributed by atoms with E-state index in [1.165, 1.54) is 0 Å². The first-order valence-electron chi connectivity index (χ1n) is 9.03. The molecule has 1 N–H and O–H groups in total. The average Bonchev–Trinajstić information content (AvgIpc) is 3.10. The minimum atomic E-state index is -0.0614. The lowest BCUT2D eigenvalue weighted by molar-refractivity contribution is 0.0978. The minimum Gasteiger partial charge on any atom is -0.361 e. The Labute approximate surface area is 163 Å². The fourth-order valence-electron chi connectivity index (χ4n) is 3.56. The van der Waals surface area contributed by atoms with Crippen LogP contribution >= 0.6 is 11.6 Å². The van der Waals surface area contributed by atoms with Crippen LogP contribution in [0.1, 0.15) is 39.4 Å². The molecule has 27 heavy (non-hydrogen) atoms. The Balaban J connectivity index is 1.76. The molecule has 134 valence electrons. The summed E-state index contributed by atoms with van der Waals surface area (Å²) in [5.74, 6) is 0.0684. The number of nitrogens with one attached hydrogen (secondary N) is 1. The van der Waals surface area contributed by atoms with Crippen molar-refractivity contribution in [2.45, 2.75) is 19.3 Å². The Morgan fingerprint density at radius 3 is 2.56 bits per heavy atom. The summed E-state index contributed by atoms with van der Waals surface area (Å²) >= 11 is 6.25. The number of H-pyrrole nitrogens is 1. The minimum absolute atomic E-state index is 0.0614. The van der Waals surface area contributed by atoms with Gasteiger partial charge >= 0.3 is 0 Å². The van der Waals surface area contributed by atoms with Crippen LogP contribution in [0, 0.1) is 6.92 Å². The molecule has 0 saturated heterocycles. The second kappa shape index (κ2) is 7.42. The van der Waals surface area contributed by atoms with Crippen LogP contribution in [0.2, 0.25) is 5.02 Å². The van der Waals surface area contributed by atoms with Gasteiger partial charge in [0, 0.05) is 40.0 Å². The predicted octanol–water partition coefficient (Wildman–Crippen LogP) is 6.53. The summed E-state index contributed by atoms with van der Waals surface area (Å²) in [6.07, 6.45) is 2.41. The number of fused-ring (bicyclic) bond motifs is 1. The number of hydrogen-bond donors (Lipinski definition) is 1. The van der Waals surface area contributed by atoms with E-state index < -0.39 is 0 Å². The first-order valence-corrected chi connectivity index (χ1v) is 9.41. The Hall–Kier alpha value is -2.84. The summed E-state index contributed by atoms with van der Waals surface area (Å²) in [7, 11) is 0. The number of carbonyl (C=O) groups excluding carboxylic acids is 1. The van der Waals surface area contributed by atoms with Gasteiger partial charge in [0.15, 0.2) is 5.78 Å². The van der Waals surface area contributed by atoms with Crippen molar-refractivity contribution < 1.29 is 4.79 Å². The van der Waals surface area contributed by atoms with E-state index in [1.807, 2.05) is 73.8 Å². The van der Waals surface area contributed by atoms with E-state index in [2.05, 4.69) is 17.1 Å². The molecule has 1 atom stereocenters. The number of hydrogen-bond acceptors (Lipinski definition) is 1. The molecule has 4 rings (SSSR count). The second-order valence-electron chi connectivity index (χ2n) is 6.89. The Morgan fingerprint density at radius 2 is 1.78 bits per heavy atom. The lowest BCUT2D eigenvalue weighted by atomic mass is 9.85. The summed E-state index contributed by atoms with van der Waals surface area (Å²) < 4.78 is 0. The van der Waals surface area contributed by atoms with Crippen LogP contribution in [-0.4, -0.2) is 10.8 Å². The van der Waals surface area contributed by atoms with Crippen LogP contribution in [0.3, 0.4) is 0 Å². The van der Waals surface area contributed by atoms with E-state index in [1.54, 1.807) is 0 Å². The molecule has 0 aliphatic rings. The normalized spacial score (nSPS) is 12.2. The monoisotopic (exact) mass is 373 g/mol. The number of rotatable bonds is 5. The summed E-state index contributed by atoms with van der Waals surface area (Å²) in [5.41, 5.74) is 5.13. The standard InChI is InChI=1S/C24H20ClNO/c1-16-9-11-17(12-10-16)24(27)14-21(18-5-4-6-19(25)13-18)22-15-26-23-8-3-2-7-20(22)23/h2-13,15,21,26H,14H2,1H3. The van der Waals surface area contributed by atoms with Gasteiger partial charge in [-0.1, -0.05) is 71.8 Å². The lowest BCUT2D eigenvalue weighted by Gasteiger charge is -2.17. The number of carbonyl (C=O) groups is 1. The topological polar surface area (TPSA) is 32.9 Å². The van der Waals surface area contributed by atoms with Gasteiger partial charge in [-0.3, -0.25) is 4.79 Å². The molecular weight excluding hydrogens is 354 g/mol. The molecule has 1 aromatic heterocycles. The van der Waals surface area contributed by atoms with Gasteiger partial charge in [-0.25, -0.2) is 0 Å². The Kier molecular flexibility index (Phi) is 4.83. The van der Waals surface area contributed by atoms with E-state index in [0.717, 1.165) is 33.2 Å². The molecule has 4 aromatic rings. The highest BCUT2D eigenvalue weighted by Gasteiger charge is 2.22. The van der Waals surface area contributed by atoms with Crippen LogP contribution in [0.15, 0.2) is 79.0 Å². The quantitative estimate of drug-likeness (QED) is 0.396. The largest absolute Gasteiger partial charge is 0.361 e. The summed E-state index contributed by atoms with van der Waals surface area (Å²) in [6.45, 7) is 2.02. The van der Waals surface area contributed by atoms with Crippen LogP contribution < -0.4 is 0 Å². The maximum absolute atomic E-state index is 13.0. The van der Waals surface area contributed by atoms with Crippen molar-refractivity contribution >= 4 is 28.3 Å². The molecule has 0 bridgehead atoms. The van der Waals surface area contributed by atoms with Crippen molar-refractivity contribution in [1.82, 2.24) is 4.98 Å². The van der Waals surface area contributed by atoms with Crippen molar-refractivity contribution in [2.75, 3.05) is 0 Å². The van der Waals surface area contributed by atoms with Crippen molar-refractivity contribution in [3.05, 3.63) is 106 Å². The molecule has 3 heteroatoms. The van der Waals surface area contributed by atoms with Crippen molar-refractivity contribution in [3.8, 4) is 0 Å². The average molecular weight is 374 g/mol. The fraction of sp³-hybridized carbons (Fsp3) is 0.125. The van der Waals surface area contributed by atoms with Gasteiger partial charge in [-0.2, -0.15) is 0 Å². The number of halogens is 1. The third-order valence-electron chi connectivity index (χ3n) is 5.01. The van der Waals surface area contributed by atoms with Gasteiger partial charge in [-0.05, 0) is 36.2 Å². The van der Waals surface area contributed by atoms with Gasteiger partial charge in [0.25, 0.3) is 0 Å². The van der Waals surface area contributed by atoms with Gasteiger partial charge in [0.2, 0.25) is 0 Å². The molecule has 0 aliphatic carbocycles. The van der Waals surface area contributed by atoms with Crippen LogP contribution in [-0.2, 0) is 0 Å². The van der Waals surface area contributed by atoms with Crippen molar-refractivity contribution in [3.63, 3.8) is 0 Å². The molecule has 0 aliphatic heterocycles. The number of Topliss-reactive ketones (excluding diaryl/α,β-unsaturated/α-hetero) is 1. The molecule has 3 aromatic carbocycles. The molecule has 2 nitrogen and oxygen atoms in total. The van der Waals surface area contributed by atoms with Gasteiger partial charge < -0.3 is 4.98 Å². The molecular formula is C24H20ClNO. The SMILES string of the molecule is Cc1ccc(C(=O)CC(c2cccc(Cl)c2)c2c[nH]c3ccccc23)cc1. The zero-order valence-corrected chi connectivity index (χ0v) is 15.8. The van der Waals surface area contributed by atoms with E-state index in [-0.39, 0.29) is 11.7 Å². The zero-order chi connectivity index (χ0) is 18.8. The summed E-state index contributed by atoms with van der Waals surface area (Å²) in [6, 6.07) is 23.7. The molecule has 0 spiro atoms. The summed E-state index contributed by atoms with van der Waals surface area (Å²) in [5, 5.41) is 1.82. The van der Waals surface area contributed by atoms with E-state index in [0.29, 0.717) is 11.4 Å². The third kappa shape index (κ3) is 3.67. The molecule has 0 fully saturated rings. The summed E-state index contributed by atoms with van der Waals surface area (Å²) in [4.78, 5) is 16.3. The molecule has 0 radical (unpaired) electrons. The highest BCUT2D eigenvalue weighted by Crippen LogP contribution is 2.35. The lowest BCUT2D eigenvalue weighted by Crippen LogP contribution is -2.09. The maximum Gasteiger partial charge on any atom is 0.163 e. The number of aryl methyl sites for hydroxylation is 1. The molecule has 0 amide bonds. The van der Waals surface area contributed by atoms with Crippen LogP contribution in [0.5, 0.6) is 0 Å². The van der Waals surface area contributed by atoms with Gasteiger partial charge in [0.05, 0.1) is 0 Å². The highest BCUT2D eigenvalue weighted by molar-refractivity contribution is 6.30. The smallest absolute Gasteiger partial charge is 0.163 e. The first kappa shape index (κ1) is 17.6. The Bertz CT molecular complexity index is 1090. The fourth-order valence-corrected chi connectivity index (χ4v) is 3.75. The third-order valence-corrected chi connectivity index (χ3v) is 5.25. The van der Waals surface area contributed by atoms with E-state index >= 15 is 0 Å². The van der Waals surface area contributed by atoms with Crippen molar-refractivity contribution in [1.29, 1.82) is 0 Å². The Morgan fingerprint density at radius 1 is 1.00 bits per heavy atom. The molecule has 0 saturated carbocycles. The molecule has 1 unspecified atom stereocenters. The first-order chi connectivity index (χ1) is 13.1. The van der Waals surface area contributed by atoms with Crippen molar-refractivity contribution in [2.24, 2.45) is 0 Å². The predicted molar refractivity (Wildman–Crippen MR) is 112 cm³/mol.